The maximum Gasteiger partial charge on any atom is 0.337 e. The molecule has 0 radical (unpaired) electrons. The first-order valence-electron chi connectivity index (χ1n) is 6.80. The molecule has 0 aromatic heterocycles. The lowest BCUT2D eigenvalue weighted by Crippen LogP contribution is -2.33. The number of amides is 2. The van der Waals surface area contributed by atoms with Crippen LogP contribution in [0.3, 0.4) is 0 Å². The van der Waals surface area contributed by atoms with Gasteiger partial charge in [-0.1, -0.05) is 22.9 Å². The first-order valence-corrected chi connectivity index (χ1v) is 7.60. The van der Waals surface area contributed by atoms with Crippen molar-refractivity contribution in [2.45, 2.75) is 19.8 Å². The molecule has 2 aliphatic rings. The highest BCUT2D eigenvalue weighted by Crippen LogP contribution is 2.45. The van der Waals surface area contributed by atoms with Gasteiger partial charge in [0.25, 0.3) is 0 Å². The van der Waals surface area contributed by atoms with Crippen molar-refractivity contribution in [3.63, 3.8) is 0 Å². The van der Waals surface area contributed by atoms with Crippen molar-refractivity contribution in [1.82, 2.24) is 0 Å². The van der Waals surface area contributed by atoms with Gasteiger partial charge >= 0.3 is 5.97 Å². The number of fused-ring (bicyclic) bond motifs is 1. The second-order valence-corrected chi connectivity index (χ2v) is 6.68. The van der Waals surface area contributed by atoms with E-state index in [1.54, 1.807) is 6.07 Å². The molecule has 2 unspecified atom stereocenters. The molecule has 1 saturated heterocycles. The molecule has 1 aliphatic heterocycles. The topological polar surface area (TPSA) is 74.7 Å². The monoisotopic (exact) mass is 351 g/mol. The number of carbonyl (C=O) groups is 3. The average molecular weight is 352 g/mol. The molecule has 1 N–H and O–H groups in total. The summed E-state index contributed by atoms with van der Waals surface area (Å²) in [4.78, 5) is 37.4. The fourth-order valence-electron chi connectivity index (χ4n) is 3.39. The van der Waals surface area contributed by atoms with Gasteiger partial charge < -0.3 is 5.11 Å². The minimum atomic E-state index is -1.16. The van der Waals surface area contributed by atoms with Gasteiger partial charge in [-0.25, -0.2) is 9.69 Å². The van der Waals surface area contributed by atoms with E-state index in [9.17, 15) is 19.5 Å². The van der Waals surface area contributed by atoms with Gasteiger partial charge in [-0.15, -0.1) is 0 Å². The van der Waals surface area contributed by atoms with E-state index in [-0.39, 0.29) is 34.9 Å². The molecule has 1 aromatic carbocycles. The van der Waals surface area contributed by atoms with Gasteiger partial charge in [0.1, 0.15) is 0 Å². The summed E-state index contributed by atoms with van der Waals surface area (Å²) in [5.74, 6) is -1.91. The van der Waals surface area contributed by atoms with Gasteiger partial charge in [0.05, 0.1) is 23.1 Å². The van der Waals surface area contributed by atoms with Crippen molar-refractivity contribution >= 4 is 39.4 Å². The summed E-state index contributed by atoms with van der Waals surface area (Å²) < 4.78 is 0.594. The number of hydrogen-bond acceptors (Lipinski definition) is 3. The highest BCUT2D eigenvalue weighted by molar-refractivity contribution is 9.10. The maximum absolute atomic E-state index is 12.5. The lowest BCUT2D eigenvalue weighted by Gasteiger charge is -2.19. The molecular formula is C15H14BrNO4. The molecule has 1 aromatic rings. The summed E-state index contributed by atoms with van der Waals surface area (Å²) in [6.07, 6.45) is 1.40. The van der Waals surface area contributed by atoms with E-state index >= 15 is 0 Å². The van der Waals surface area contributed by atoms with Gasteiger partial charge in [0.15, 0.2) is 0 Å². The lowest BCUT2D eigenvalue weighted by atomic mass is 10.00. The van der Waals surface area contributed by atoms with Crippen LogP contribution in [0.25, 0.3) is 0 Å². The molecule has 3 rings (SSSR count). The van der Waals surface area contributed by atoms with Crippen LogP contribution in [-0.4, -0.2) is 22.9 Å². The number of hydrogen-bond donors (Lipinski definition) is 1. The molecule has 1 heterocycles. The minimum absolute atomic E-state index is 0.0425. The summed E-state index contributed by atoms with van der Waals surface area (Å²) in [6.45, 7) is 2.03. The number of rotatable bonds is 2. The first kappa shape index (κ1) is 14.3. The Morgan fingerprint density at radius 2 is 1.81 bits per heavy atom. The number of carbonyl (C=O) groups excluding carboxylic acids is 2. The Kier molecular flexibility index (Phi) is 3.36. The molecule has 1 aliphatic carbocycles. The molecule has 0 spiro atoms. The average Bonchev–Trinajstić information content (AvgIpc) is 2.90. The van der Waals surface area contributed by atoms with E-state index in [1.807, 2.05) is 6.92 Å². The van der Waals surface area contributed by atoms with Crippen LogP contribution in [0.5, 0.6) is 0 Å². The summed E-state index contributed by atoms with van der Waals surface area (Å²) >= 11 is 3.21. The smallest absolute Gasteiger partial charge is 0.337 e. The third kappa shape index (κ3) is 2.18. The minimum Gasteiger partial charge on any atom is -0.478 e. The van der Waals surface area contributed by atoms with E-state index in [4.69, 9.17) is 0 Å². The quantitative estimate of drug-likeness (QED) is 0.831. The molecule has 2 amide bonds. The zero-order valence-electron chi connectivity index (χ0n) is 11.4. The Morgan fingerprint density at radius 1 is 1.24 bits per heavy atom. The molecule has 5 nitrogen and oxygen atoms in total. The van der Waals surface area contributed by atoms with Crippen LogP contribution < -0.4 is 4.90 Å². The summed E-state index contributed by atoms with van der Waals surface area (Å²) in [6, 6.07) is 4.56. The number of halogens is 1. The standard InChI is InChI=1S/C15H14BrNO4/c1-7-4-9-10(5-7)14(19)17(13(9)18)12-3-2-8(16)6-11(12)15(20)21/h2-3,6-7,9-10H,4-5H2,1H3,(H,20,21). The molecule has 21 heavy (non-hydrogen) atoms. The van der Waals surface area contributed by atoms with Crippen LogP contribution in [0.1, 0.15) is 30.1 Å². The first-order chi connectivity index (χ1) is 9.90. The van der Waals surface area contributed by atoms with E-state index < -0.39 is 5.97 Å². The van der Waals surface area contributed by atoms with Gasteiger partial charge in [-0.3, -0.25) is 9.59 Å². The van der Waals surface area contributed by atoms with Crippen LogP contribution in [0.4, 0.5) is 5.69 Å². The van der Waals surface area contributed by atoms with E-state index in [2.05, 4.69) is 15.9 Å². The van der Waals surface area contributed by atoms with Crippen molar-refractivity contribution in [3.05, 3.63) is 28.2 Å². The predicted octanol–water partition coefficient (Wildman–Crippen LogP) is 2.68. The number of aromatic carboxylic acids is 1. The second-order valence-electron chi connectivity index (χ2n) is 5.77. The van der Waals surface area contributed by atoms with Crippen molar-refractivity contribution in [3.8, 4) is 0 Å². The number of anilines is 1. The van der Waals surface area contributed by atoms with E-state index in [0.717, 1.165) is 4.90 Å². The normalized spacial score (nSPS) is 28.1. The maximum atomic E-state index is 12.5. The van der Waals surface area contributed by atoms with Gasteiger partial charge in [0, 0.05) is 4.47 Å². The Morgan fingerprint density at radius 3 is 2.33 bits per heavy atom. The van der Waals surface area contributed by atoms with Crippen LogP contribution in [-0.2, 0) is 9.59 Å². The van der Waals surface area contributed by atoms with Crippen LogP contribution in [0, 0.1) is 17.8 Å². The summed E-state index contributed by atoms with van der Waals surface area (Å²) in [5, 5.41) is 9.30. The second kappa shape index (κ2) is 4.94. The van der Waals surface area contributed by atoms with Crippen molar-refractivity contribution < 1.29 is 19.5 Å². The van der Waals surface area contributed by atoms with E-state index in [1.165, 1.54) is 12.1 Å². The van der Waals surface area contributed by atoms with Crippen molar-refractivity contribution in [2.75, 3.05) is 4.90 Å². The Bertz CT molecular complexity index is 633. The van der Waals surface area contributed by atoms with Gasteiger partial charge in [-0.2, -0.15) is 0 Å². The summed E-state index contributed by atoms with van der Waals surface area (Å²) in [7, 11) is 0. The van der Waals surface area contributed by atoms with Crippen molar-refractivity contribution in [2.24, 2.45) is 17.8 Å². The predicted molar refractivity (Wildman–Crippen MR) is 79.0 cm³/mol. The Labute approximate surface area is 130 Å². The number of benzene rings is 1. The van der Waals surface area contributed by atoms with Crippen LogP contribution in [0.2, 0.25) is 0 Å². The summed E-state index contributed by atoms with van der Waals surface area (Å²) in [5.41, 5.74) is 0.127. The molecule has 2 atom stereocenters. The highest BCUT2D eigenvalue weighted by Gasteiger charge is 2.52. The number of imide groups is 1. The molecule has 110 valence electrons. The molecular weight excluding hydrogens is 338 g/mol. The number of carboxylic acid groups (broad SMARTS) is 1. The number of carboxylic acids is 1. The fraction of sp³-hybridized carbons (Fsp3) is 0.400. The zero-order valence-corrected chi connectivity index (χ0v) is 13.0. The molecule has 0 bridgehead atoms. The largest absolute Gasteiger partial charge is 0.478 e. The van der Waals surface area contributed by atoms with Crippen LogP contribution in [0.15, 0.2) is 22.7 Å². The molecule has 1 saturated carbocycles. The van der Waals surface area contributed by atoms with Gasteiger partial charge in [-0.05, 0) is 37.0 Å². The lowest BCUT2D eigenvalue weighted by molar-refractivity contribution is -0.123. The Hall–Kier alpha value is -1.69. The molecule has 6 heteroatoms. The molecule has 2 fully saturated rings. The third-order valence-corrected chi connectivity index (χ3v) is 4.80. The van der Waals surface area contributed by atoms with E-state index in [0.29, 0.717) is 23.2 Å². The zero-order chi connectivity index (χ0) is 15.3. The fourth-order valence-corrected chi connectivity index (χ4v) is 3.75. The van der Waals surface area contributed by atoms with Gasteiger partial charge in [0.2, 0.25) is 11.8 Å². The SMILES string of the molecule is CC1CC2C(=O)N(c3ccc(Br)cc3C(=O)O)C(=O)C2C1. The number of nitrogens with zero attached hydrogens (tertiary/aromatic N) is 1. The Balaban J connectivity index is 2.04. The third-order valence-electron chi connectivity index (χ3n) is 4.30. The van der Waals surface area contributed by atoms with Crippen molar-refractivity contribution in [1.29, 1.82) is 0 Å². The highest BCUT2D eigenvalue weighted by atomic mass is 79.9. The van der Waals surface area contributed by atoms with Crippen LogP contribution >= 0.6 is 15.9 Å².